The molecule has 0 aliphatic heterocycles. The van der Waals surface area contributed by atoms with Gasteiger partial charge in [-0.15, -0.1) is 0 Å². The molecule has 0 fully saturated rings. The van der Waals surface area contributed by atoms with Gasteiger partial charge in [-0.05, 0) is 0 Å². The summed E-state index contributed by atoms with van der Waals surface area (Å²) < 4.78 is 30.7. The van der Waals surface area contributed by atoms with E-state index in [9.17, 15) is 13.6 Å². The molecule has 2 radical (unpaired) electrons. The second-order valence-electron chi connectivity index (χ2n) is 2.69. The summed E-state index contributed by atoms with van der Waals surface area (Å²) >= 11 is -1.32. The van der Waals surface area contributed by atoms with E-state index >= 15 is 0 Å². The summed E-state index contributed by atoms with van der Waals surface area (Å²) in [6, 6.07) is 3.33. The van der Waals surface area contributed by atoms with E-state index in [1.165, 1.54) is 19.1 Å². The van der Waals surface area contributed by atoms with Crippen molar-refractivity contribution in [2.45, 2.75) is 11.4 Å². The number of carbonyl (C=O) groups excluding carboxylic acids is 1. The topological polar surface area (TPSA) is 26.3 Å². The van der Waals surface area contributed by atoms with Crippen LogP contribution in [0.2, 0.25) is 0 Å². The van der Waals surface area contributed by atoms with E-state index < -0.39 is 33.2 Å². The van der Waals surface area contributed by atoms with E-state index in [0.717, 1.165) is 6.07 Å². The van der Waals surface area contributed by atoms with Crippen molar-refractivity contribution < 1.29 is 16.6 Å². The van der Waals surface area contributed by atoms with E-state index in [2.05, 4.69) is 0 Å². The van der Waals surface area contributed by atoms with Crippen LogP contribution < -0.4 is 0 Å². The second kappa shape index (κ2) is 5.28. The maximum atomic E-state index is 12.7. The van der Waals surface area contributed by atoms with Gasteiger partial charge in [-0.25, -0.2) is 0 Å². The number of halogens is 2. The van der Waals surface area contributed by atoms with Gasteiger partial charge >= 0.3 is 90.9 Å². The van der Waals surface area contributed by atoms with Gasteiger partial charge in [0, 0.05) is 0 Å². The SMILES string of the molecule is CC(=O)[O][Sn][CH2]c1cc(F)cc(F)c1. The molecule has 1 aromatic carbocycles. The molecule has 0 saturated heterocycles. The Morgan fingerprint density at radius 1 is 1.36 bits per heavy atom. The second-order valence-corrected chi connectivity index (χ2v) is 5.11. The Bertz CT molecular complexity index is 321. The van der Waals surface area contributed by atoms with Crippen molar-refractivity contribution in [1.29, 1.82) is 0 Å². The first-order valence-corrected chi connectivity index (χ1v) is 7.11. The fourth-order valence-electron chi connectivity index (χ4n) is 0.934. The Hall–Kier alpha value is -0.651. The van der Waals surface area contributed by atoms with Gasteiger partial charge in [-0.2, -0.15) is 0 Å². The Balaban J connectivity index is 2.54. The summed E-state index contributed by atoms with van der Waals surface area (Å²) in [6.45, 7) is 1.33. The Morgan fingerprint density at radius 3 is 2.43 bits per heavy atom. The predicted molar refractivity (Wildman–Crippen MR) is 47.6 cm³/mol. The van der Waals surface area contributed by atoms with Crippen molar-refractivity contribution >= 4 is 27.5 Å². The number of carbonyl (C=O) groups is 1. The van der Waals surface area contributed by atoms with E-state index in [1.807, 2.05) is 0 Å². The summed E-state index contributed by atoms with van der Waals surface area (Å²) in [7, 11) is 0. The van der Waals surface area contributed by atoms with Gasteiger partial charge in [0.05, 0.1) is 0 Å². The third kappa shape index (κ3) is 4.04. The van der Waals surface area contributed by atoms with E-state index in [0.29, 0.717) is 10.0 Å². The molecule has 0 aromatic heterocycles. The van der Waals surface area contributed by atoms with Crippen LogP contribution in [0.5, 0.6) is 0 Å². The fraction of sp³-hybridized carbons (Fsp3) is 0.222. The molecular formula is C9H8F2O2Sn. The first kappa shape index (κ1) is 11.4. The van der Waals surface area contributed by atoms with Crippen LogP contribution in [0.3, 0.4) is 0 Å². The third-order valence-corrected chi connectivity index (χ3v) is 4.22. The molecule has 74 valence electrons. The van der Waals surface area contributed by atoms with E-state index in [4.69, 9.17) is 3.07 Å². The van der Waals surface area contributed by atoms with E-state index in [-0.39, 0.29) is 5.97 Å². The molecule has 0 saturated carbocycles. The Kier molecular flexibility index (Phi) is 4.31. The van der Waals surface area contributed by atoms with Gasteiger partial charge in [-0.1, -0.05) is 0 Å². The summed E-state index contributed by atoms with van der Waals surface area (Å²) in [4.78, 5) is 10.4. The molecule has 2 nitrogen and oxygen atoms in total. The molecule has 0 spiro atoms. The molecule has 0 heterocycles. The molecule has 14 heavy (non-hydrogen) atoms. The van der Waals surface area contributed by atoms with E-state index in [1.54, 1.807) is 0 Å². The van der Waals surface area contributed by atoms with Crippen LogP contribution in [0.4, 0.5) is 8.78 Å². The van der Waals surface area contributed by atoms with Gasteiger partial charge in [0.25, 0.3) is 0 Å². The quantitative estimate of drug-likeness (QED) is 0.794. The molecule has 1 aromatic rings. The summed E-state index contributed by atoms with van der Waals surface area (Å²) in [5.41, 5.74) is 0.551. The number of hydrogen-bond donors (Lipinski definition) is 0. The summed E-state index contributed by atoms with van der Waals surface area (Å²) in [6.07, 6.45) is 0. The van der Waals surface area contributed by atoms with Gasteiger partial charge < -0.3 is 0 Å². The van der Waals surface area contributed by atoms with Gasteiger partial charge in [0.1, 0.15) is 0 Å². The minimum atomic E-state index is -1.32. The van der Waals surface area contributed by atoms with Gasteiger partial charge in [0.15, 0.2) is 0 Å². The van der Waals surface area contributed by atoms with Crippen LogP contribution in [0.25, 0.3) is 0 Å². The van der Waals surface area contributed by atoms with Gasteiger partial charge in [-0.3, -0.25) is 0 Å². The zero-order chi connectivity index (χ0) is 10.6. The fourth-order valence-corrected chi connectivity index (χ4v) is 2.78. The van der Waals surface area contributed by atoms with Crippen LogP contribution in [-0.4, -0.2) is 27.5 Å². The Labute approximate surface area is 91.0 Å². The molecule has 0 N–H and O–H groups in total. The van der Waals surface area contributed by atoms with Crippen LogP contribution >= 0.6 is 0 Å². The average Bonchev–Trinajstić information content (AvgIpc) is 2.01. The zero-order valence-electron chi connectivity index (χ0n) is 7.51. The molecule has 0 atom stereocenters. The van der Waals surface area contributed by atoms with Crippen molar-refractivity contribution in [3.8, 4) is 0 Å². The van der Waals surface area contributed by atoms with Crippen molar-refractivity contribution in [3.63, 3.8) is 0 Å². The van der Waals surface area contributed by atoms with Crippen molar-refractivity contribution in [2.24, 2.45) is 0 Å². The molecule has 0 aliphatic carbocycles. The van der Waals surface area contributed by atoms with Crippen molar-refractivity contribution in [2.75, 3.05) is 0 Å². The Morgan fingerprint density at radius 2 is 1.93 bits per heavy atom. The molecule has 0 amide bonds. The van der Waals surface area contributed by atoms with Crippen molar-refractivity contribution in [3.05, 3.63) is 35.4 Å². The first-order valence-electron chi connectivity index (χ1n) is 3.93. The third-order valence-electron chi connectivity index (χ3n) is 1.41. The maximum absolute atomic E-state index is 12.7. The standard InChI is InChI=1S/C7H5F2.C2H4O2.Sn/c1-5-2-6(8)4-7(9)3-5;1-2(3)4;/h2-4H,1H2;1H3,(H,3,4);/q;;+1/p-1. The van der Waals surface area contributed by atoms with Gasteiger partial charge in [0.2, 0.25) is 0 Å². The zero-order valence-corrected chi connectivity index (χ0v) is 10.4. The number of benzene rings is 1. The van der Waals surface area contributed by atoms with Crippen LogP contribution in [0, 0.1) is 11.6 Å². The average molecular weight is 305 g/mol. The predicted octanol–water partition coefficient (Wildman–Crippen LogP) is 1.65. The molecular weight excluding hydrogens is 297 g/mol. The normalized spacial score (nSPS) is 9.93. The number of hydrogen-bond acceptors (Lipinski definition) is 2. The summed E-state index contributed by atoms with van der Waals surface area (Å²) in [5, 5.41) is 0. The van der Waals surface area contributed by atoms with Crippen LogP contribution in [0.1, 0.15) is 12.5 Å². The first-order chi connectivity index (χ1) is 6.58. The van der Waals surface area contributed by atoms with Crippen molar-refractivity contribution in [1.82, 2.24) is 0 Å². The molecule has 0 bridgehead atoms. The molecule has 5 heteroatoms. The molecule has 0 aliphatic rings. The van der Waals surface area contributed by atoms with Crippen LogP contribution in [-0.2, 0) is 12.3 Å². The summed E-state index contributed by atoms with van der Waals surface area (Å²) in [5.74, 6) is -1.52. The van der Waals surface area contributed by atoms with Crippen LogP contribution in [0.15, 0.2) is 18.2 Å². The molecule has 1 rings (SSSR count). The minimum absolute atomic E-state index is 0.325. The molecule has 0 unspecified atom stereocenters. The monoisotopic (exact) mass is 306 g/mol. The number of rotatable bonds is 3.